The number of halogens is 1. The molecule has 0 radical (unpaired) electrons. The SMILES string of the molecule is CC(CCN1CCN(C)CC1)NC(=O)N[C@@H]1C[C@H]1c1cccc(F)c1. The summed E-state index contributed by atoms with van der Waals surface area (Å²) in [5, 5.41) is 6.03. The maximum Gasteiger partial charge on any atom is 0.315 e. The van der Waals surface area contributed by atoms with E-state index in [4.69, 9.17) is 0 Å². The highest BCUT2D eigenvalue weighted by Crippen LogP contribution is 2.40. The lowest BCUT2D eigenvalue weighted by molar-refractivity contribution is 0.149. The highest BCUT2D eigenvalue weighted by molar-refractivity contribution is 5.75. The Hall–Kier alpha value is -1.66. The van der Waals surface area contributed by atoms with Crippen LogP contribution in [-0.4, -0.2) is 67.7 Å². The Morgan fingerprint density at radius 1 is 1.32 bits per heavy atom. The zero-order chi connectivity index (χ0) is 17.8. The van der Waals surface area contributed by atoms with Gasteiger partial charge in [0.15, 0.2) is 0 Å². The second-order valence-corrected chi connectivity index (χ2v) is 7.46. The monoisotopic (exact) mass is 348 g/mol. The number of urea groups is 1. The fourth-order valence-electron chi connectivity index (χ4n) is 3.41. The zero-order valence-electron chi connectivity index (χ0n) is 15.2. The number of carbonyl (C=O) groups is 1. The molecule has 3 rings (SSSR count). The van der Waals surface area contributed by atoms with Crippen LogP contribution in [0, 0.1) is 5.82 Å². The average molecular weight is 348 g/mol. The molecule has 138 valence electrons. The Morgan fingerprint density at radius 2 is 2.08 bits per heavy atom. The second kappa shape index (κ2) is 8.15. The van der Waals surface area contributed by atoms with Gasteiger partial charge in [0.05, 0.1) is 0 Å². The molecule has 2 fully saturated rings. The largest absolute Gasteiger partial charge is 0.336 e. The van der Waals surface area contributed by atoms with Crippen LogP contribution in [0.5, 0.6) is 0 Å². The molecule has 1 saturated carbocycles. The summed E-state index contributed by atoms with van der Waals surface area (Å²) in [5.74, 6) is 0.0206. The number of amides is 2. The first kappa shape index (κ1) is 18.1. The molecule has 0 aromatic heterocycles. The highest BCUT2D eigenvalue weighted by Gasteiger charge is 2.39. The molecule has 2 amide bonds. The lowest BCUT2D eigenvalue weighted by atomic mass is 10.1. The van der Waals surface area contributed by atoms with Gasteiger partial charge >= 0.3 is 6.03 Å². The number of piperazine rings is 1. The number of nitrogens with one attached hydrogen (secondary N) is 2. The van der Waals surface area contributed by atoms with E-state index in [0.29, 0.717) is 0 Å². The second-order valence-electron chi connectivity index (χ2n) is 7.46. The molecule has 0 spiro atoms. The van der Waals surface area contributed by atoms with Crippen LogP contribution in [0.3, 0.4) is 0 Å². The lowest BCUT2D eigenvalue weighted by Gasteiger charge is -2.32. The third-order valence-electron chi connectivity index (χ3n) is 5.24. The van der Waals surface area contributed by atoms with Gasteiger partial charge in [0.25, 0.3) is 0 Å². The predicted molar refractivity (Wildman–Crippen MR) is 97.2 cm³/mol. The molecule has 1 aromatic rings. The van der Waals surface area contributed by atoms with Crippen molar-refractivity contribution in [2.24, 2.45) is 0 Å². The Bertz CT molecular complexity index is 589. The number of carbonyl (C=O) groups excluding carboxylic acids is 1. The molecule has 1 heterocycles. The Kier molecular flexibility index (Phi) is 5.91. The summed E-state index contributed by atoms with van der Waals surface area (Å²) >= 11 is 0. The van der Waals surface area contributed by atoms with Crippen molar-refractivity contribution in [3.05, 3.63) is 35.6 Å². The van der Waals surface area contributed by atoms with Crippen LogP contribution in [0.2, 0.25) is 0 Å². The fraction of sp³-hybridized carbons (Fsp3) is 0.632. The highest BCUT2D eigenvalue weighted by atomic mass is 19.1. The summed E-state index contributed by atoms with van der Waals surface area (Å²) in [5.41, 5.74) is 0.966. The van der Waals surface area contributed by atoms with E-state index in [1.165, 1.54) is 6.07 Å². The minimum atomic E-state index is -0.217. The van der Waals surface area contributed by atoms with Crippen molar-refractivity contribution in [3.8, 4) is 0 Å². The van der Waals surface area contributed by atoms with Crippen molar-refractivity contribution in [2.75, 3.05) is 39.8 Å². The zero-order valence-corrected chi connectivity index (χ0v) is 15.2. The average Bonchev–Trinajstić information content (AvgIpc) is 3.33. The van der Waals surface area contributed by atoms with Gasteiger partial charge in [-0.25, -0.2) is 9.18 Å². The van der Waals surface area contributed by atoms with Crippen LogP contribution >= 0.6 is 0 Å². The van der Waals surface area contributed by atoms with Gasteiger partial charge in [-0.2, -0.15) is 0 Å². The van der Waals surface area contributed by atoms with E-state index in [0.717, 1.165) is 51.1 Å². The number of benzene rings is 1. The summed E-state index contributed by atoms with van der Waals surface area (Å²) in [6.07, 6.45) is 1.83. The van der Waals surface area contributed by atoms with Crippen LogP contribution < -0.4 is 10.6 Å². The van der Waals surface area contributed by atoms with Gasteiger partial charge in [0.1, 0.15) is 5.82 Å². The quantitative estimate of drug-likeness (QED) is 0.827. The number of hydrogen-bond donors (Lipinski definition) is 2. The maximum atomic E-state index is 13.3. The molecule has 1 aliphatic heterocycles. The Balaban J connectivity index is 1.34. The Labute approximate surface area is 149 Å². The molecule has 1 aliphatic carbocycles. The van der Waals surface area contributed by atoms with Crippen LogP contribution in [0.4, 0.5) is 9.18 Å². The van der Waals surface area contributed by atoms with Crippen LogP contribution in [-0.2, 0) is 0 Å². The van der Waals surface area contributed by atoms with Crippen molar-refractivity contribution in [1.82, 2.24) is 20.4 Å². The smallest absolute Gasteiger partial charge is 0.315 e. The predicted octanol–water partition coefficient (Wildman–Crippen LogP) is 2.01. The molecular weight excluding hydrogens is 319 g/mol. The topological polar surface area (TPSA) is 47.6 Å². The van der Waals surface area contributed by atoms with Gasteiger partial charge < -0.3 is 20.4 Å². The molecule has 1 unspecified atom stereocenters. The number of likely N-dealkylation sites (N-methyl/N-ethyl adjacent to an activating group) is 1. The van der Waals surface area contributed by atoms with Gasteiger partial charge in [0.2, 0.25) is 0 Å². The van der Waals surface area contributed by atoms with E-state index in [2.05, 4.69) is 27.5 Å². The summed E-state index contributed by atoms with van der Waals surface area (Å²) < 4.78 is 13.3. The number of nitrogens with zero attached hydrogens (tertiary/aromatic N) is 2. The summed E-state index contributed by atoms with van der Waals surface area (Å²) in [6, 6.07) is 6.80. The minimum absolute atomic E-state index is 0.116. The molecule has 3 atom stereocenters. The molecule has 5 nitrogen and oxygen atoms in total. The van der Waals surface area contributed by atoms with Crippen molar-refractivity contribution in [2.45, 2.75) is 37.8 Å². The molecule has 1 aromatic carbocycles. The normalized spacial score (nSPS) is 25.4. The molecular formula is C19H29FN4O. The van der Waals surface area contributed by atoms with Gasteiger partial charge in [-0.1, -0.05) is 12.1 Å². The minimum Gasteiger partial charge on any atom is -0.336 e. The number of rotatable bonds is 6. The van der Waals surface area contributed by atoms with E-state index in [1.54, 1.807) is 12.1 Å². The molecule has 2 N–H and O–H groups in total. The third-order valence-corrected chi connectivity index (χ3v) is 5.24. The van der Waals surface area contributed by atoms with Gasteiger partial charge in [-0.3, -0.25) is 0 Å². The van der Waals surface area contributed by atoms with Crippen molar-refractivity contribution in [3.63, 3.8) is 0 Å². The first-order valence-electron chi connectivity index (χ1n) is 9.24. The van der Waals surface area contributed by atoms with Crippen LogP contribution in [0.25, 0.3) is 0 Å². The van der Waals surface area contributed by atoms with E-state index >= 15 is 0 Å². The van der Waals surface area contributed by atoms with Crippen molar-refractivity contribution >= 4 is 6.03 Å². The molecule has 25 heavy (non-hydrogen) atoms. The number of hydrogen-bond acceptors (Lipinski definition) is 3. The van der Waals surface area contributed by atoms with E-state index in [-0.39, 0.29) is 29.8 Å². The first-order valence-corrected chi connectivity index (χ1v) is 9.24. The summed E-state index contributed by atoms with van der Waals surface area (Å²) in [4.78, 5) is 16.9. The van der Waals surface area contributed by atoms with Crippen LogP contribution in [0.1, 0.15) is 31.2 Å². The van der Waals surface area contributed by atoms with Crippen LogP contribution in [0.15, 0.2) is 24.3 Å². The summed E-state index contributed by atoms with van der Waals surface area (Å²) in [7, 11) is 2.15. The van der Waals surface area contributed by atoms with Crippen molar-refractivity contribution < 1.29 is 9.18 Å². The molecule has 2 aliphatic rings. The first-order chi connectivity index (χ1) is 12.0. The standard InChI is InChI=1S/C19H29FN4O/c1-14(6-7-24-10-8-23(2)9-11-24)21-19(25)22-18-13-17(18)15-4-3-5-16(20)12-15/h3-5,12,14,17-18H,6-11,13H2,1-2H3,(H2,21,22,25)/t14?,17-,18+/m0/s1. The molecule has 1 saturated heterocycles. The van der Waals surface area contributed by atoms with E-state index < -0.39 is 0 Å². The lowest BCUT2D eigenvalue weighted by Crippen LogP contribution is -2.47. The van der Waals surface area contributed by atoms with E-state index in [1.807, 2.05) is 13.0 Å². The third kappa shape index (κ3) is 5.41. The summed E-state index contributed by atoms with van der Waals surface area (Å²) in [6.45, 7) is 7.51. The van der Waals surface area contributed by atoms with Gasteiger partial charge in [-0.15, -0.1) is 0 Å². The van der Waals surface area contributed by atoms with Gasteiger partial charge in [0, 0.05) is 50.7 Å². The maximum absolute atomic E-state index is 13.3. The Morgan fingerprint density at radius 3 is 2.80 bits per heavy atom. The van der Waals surface area contributed by atoms with Crippen molar-refractivity contribution in [1.29, 1.82) is 0 Å². The molecule has 6 heteroatoms. The fourth-order valence-corrected chi connectivity index (χ4v) is 3.41. The van der Waals surface area contributed by atoms with Gasteiger partial charge in [-0.05, 0) is 44.5 Å². The van der Waals surface area contributed by atoms with E-state index in [9.17, 15) is 9.18 Å². The molecule has 0 bridgehead atoms.